The molecule has 7 nitrogen and oxygen atoms in total. The Morgan fingerprint density at radius 3 is 3.31 bits per heavy atom. The topological polar surface area (TPSA) is 84.6 Å². The molecule has 16 heavy (non-hydrogen) atoms. The summed E-state index contributed by atoms with van der Waals surface area (Å²) < 4.78 is 6.57. The number of aliphatic hydroxyl groups is 1. The van der Waals surface area contributed by atoms with E-state index in [1.165, 1.54) is 0 Å². The number of rotatable bonds is 5. The largest absolute Gasteiger partial charge is 0.389 e. The van der Waals surface area contributed by atoms with Crippen molar-refractivity contribution >= 4 is 11.5 Å². The van der Waals surface area contributed by atoms with Crippen molar-refractivity contribution in [1.29, 1.82) is 0 Å². The number of hydrogen-bond donors (Lipinski definition) is 2. The standard InChI is InChI=1S/C9H13N5O2/c1-16-5-7(15)4-11-8-9-13-12-6-14(9)3-2-10-8/h2-3,6-7,15H,4-5H2,1H3,(H,10,11). The fourth-order valence-corrected chi connectivity index (χ4v) is 1.35. The lowest BCUT2D eigenvalue weighted by molar-refractivity contribution is 0.0727. The van der Waals surface area contributed by atoms with Crippen LogP contribution in [0.15, 0.2) is 18.7 Å². The van der Waals surface area contributed by atoms with Crippen LogP contribution in [0.1, 0.15) is 0 Å². The molecule has 1 atom stereocenters. The molecule has 0 aliphatic heterocycles. The number of fused-ring (bicyclic) bond motifs is 1. The predicted molar refractivity (Wildman–Crippen MR) is 57.2 cm³/mol. The van der Waals surface area contributed by atoms with E-state index in [1.807, 2.05) is 0 Å². The van der Waals surface area contributed by atoms with E-state index >= 15 is 0 Å². The van der Waals surface area contributed by atoms with Gasteiger partial charge >= 0.3 is 0 Å². The summed E-state index contributed by atoms with van der Waals surface area (Å²) in [6.45, 7) is 0.635. The van der Waals surface area contributed by atoms with Gasteiger partial charge in [0.25, 0.3) is 0 Å². The first-order chi connectivity index (χ1) is 7.81. The van der Waals surface area contributed by atoms with Gasteiger partial charge < -0.3 is 15.2 Å². The summed E-state index contributed by atoms with van der Waals surface area (Å²) in [5.41, 5.74) is 0.632. The first-order valence-corrected chi connectivity index (χ1v) is 4.86. The highest BCUT2D eigenvalue weighted by molar-refractivity contribution is 5.61. The van der Waals surface area contributed by atoms with E-state index in [2.05, 4.69) is 20.5 Å². The van der Waals surface area contributed by atoms with Gasteiger partial charge in [-0.05, 0) is 0 Å². The Kier molecular flexibility index (Phi) is 3.28. The summed E-state index contributed by atoms with van der Waals surface area (Å²) in [5.74, 6) is 0.593. The summed E-state index contributed by atoms with van der Waals surface area (Å²) >= 11 is 0. The zero-order chi connectivity index (χ0) is 11.4. The van der Waals surface area contributed by atoms with Crippen LogP contribution in [0.2, 0.25) is 0 Å². The van der Waals surface area contributed by atoms with Crippen molar-refractivity contribution in [2.75, 3.05) is 25.6 Å². The molecule has 1 unspecified atom stereocenters. The lowest BCUT2D eigenvalue weighted by Crippen LogP contribution is -2.24. The smallest absolute Gasteiger partial charge is 0.203 e. The molecule has 2 rings (SSSR count). The number of ether oxygens (including phenoxy) is 1. The van der Waals surface area contributed by atoms with Gasteiger partial charge in [-0.3, -0.25) is 4.40 Å². The number of nitrogens with one attached hydrogen (secondary N) is 1. The Labute approximate surface area is 92.1 Å². The molecule has 2 N–H and O–H groups in total. The normalized spacial score (nSPS) is 12.9. The molecule has 0 spiro atoms. The number of anilines is 1. The van der Waals surface area contributed by atoms with Crippen LogP contribution in [-0.2, 0) is 4.74 Å². The van der Waals surface area contributed by atoms with Gasteiger partial charge in [-0.25, -0.2) is 4.98 Å². The van der Waals surface area contributed by atoms with Gasteiger partial charge in [0.05, 0.1) is 12.7 Å². The van der Waals surface area contributed by atoms with Crippen molar-refractivity contribution < 1.29 is 9.84 Å². The Bertz CT molecular complexity index is 458. The third-order valence-corrected chi connectivity index (χ3v) is 2.08. The highest BCUT2D eigenvalue weighted by Gasteiger charge is 2.07. The van der Waals surface area contributed by atoms with Crippen LogP contribution >= 0.6 is 0 Å². The molecule has 0 fully saturated rings. The Morgan fingerprint density at radius 2 is 2.50 bits per heavy atom. The number of hydrogen-bond acceptors (Lipinski definition) is 6. The first-order valence-electron chi connectivity index (χ1n) is 4.86. The van der Waals surface area contributed by atoms with Gasteiger partial charge in [-0.15, -0.1) is 10.2 Å². The van der Waals surface area contributed by atoms with Crippen LogP contribution in [0.4, 0.5) is 5.82 Å². The van der Waals surface area contributed by atoms with Crippen molar-refractivity contribution in [3.05, 3.63) is 18.7 Å². The molecular formula is C9H13N5O2. The lowest BCUT2D eigenvalue weighted by Gasteiger charge is -2.11. The van der Waals surface area contributed by atoms with Gasteiger partial charge in [-0.2, -0.15) is 0 Å². The quantitative estimate of drug-likeness (QED) is 0.713. The van der Waals surface area contributed by atoms with Gasteiger partial charge in [-0.1, -0.05) is 0 Å². The second-order valence-corrected chi connectivity index (χ2v) is 3.33. The maximum Gasteiger partial charge on any atom is 0.203 e. The van der Waals surface area contributed by atoms with Crippen LogP contribution in [0.25, 0.3) is 5.65 Å². The van der Waals surface area contributed by atoms with Crippen molar-refractivity contribution in [2.24, 2.45) is 0 Å². The van der Waals surface area contributed by atoms with E-state index < -0.39 is 6.10 Å². The minimum Gasteiger partial charge on any atom is -0.389 e. The monoisotopic (exact) mass is 223 g/mol. The predicted octanol–water partition coefficient (Wildman–Crippen LogP) is -0.457. The summed E-state index contributed by atoms with van der Waals surface area (Å²) in [4.78, 5) is 4.12. The van der Waals surface area contributed by atoms with Crippen molar-refractivity contribution in [1.82, 2.24) is 19.6 Å². The molecule has 2 aromatic heterocycles. The Morgan fingerprint density at radius 1 is 1.62 bits per heavy atom. The first kappa shape index (κ1) is 10.8. The average molecular weight is 223 g/mol. The maximum absolute atomic E-state index is 9.48. The number of methoxy groups -OCH3 is 1. The SMILES string of the molecule is COCC(O)CNc1nccn2cnnc12. The Hall–Kier alpha value is -1.73. The molecule has 0 bridgehead atoms. The fraction of sp³-hybridized carbons (Fsp3) is 0.444. The average Bonchev–Trinajstić information content (AvgIpc) is 2.75. The lowest BCUT2D eigenvalue weighted by atomic mass is 10.4. The van der Waals surface area contributed by atoms with Gasteiger partial charge in [0.1, 0.15) is 6.33 Å². The fourth-order valence-electron chi connectivity index (χ4n) is 1.35. The van der Waals surface area contributed by atoms with Gasteiger partial charge in [0, 0.05) is 26.0 Å². The summed E-state index contributed by atoms with van der Waals surface area (Å²) in [7, 11) is 1.54. The number of aromatic nitrogens is 4. The molecule has 7 heteroatoms. The molecule has 0 amide bonds. The minimum absolute atomic E-state index is 0.281. The van der Waals surface area contributed by atoms with E-state index in [1.54, 1.807) is 30.2 Å². The zero-order valence-corrected chi connectivity index (χ0v) is 8.87. The molecule has 2 heterocycles. The summed E-state index contributed by atoms with van der Waals surface area (Å²) in [5, 5.41) is 20.2. The van der Waals surface area contributed by atoms with Crippen LogP contribution in [0.3, 0.4) is 0 Å². The van der Waals surface area contributed by atoms with Gasteiger partial charge in [0.15, 0.2) is 5.82 Å². The van der Waals surface area contributed by atoms with E-state index in [0.29, 0.717) is 18.0 Å². The minimum atomic E-state index is -0.574. The molecule has 0 radical (unpaired) electrons. The van der Waals surface area contributed by atoms with Gasteiger partial charge in [0.2, 0.25) is 5.65 Å². The molecule has 0 aliphatic carbocycles. The molecule has 0 aromatic carbocycles. The van der Waals surface area contributed by atoms with Crippen LogP contribution in [0, 0.1) is 0 Å². The molecule has 0 saturated heterocycles. The second kappa shape index (κ2) is 4.86. The molecule has 2 aromatic rings. The number of aliphatic hydroxyl groups excluding tert-OH is 1. The molecule has 0 aliphatic rings. The van der Waals surface area contributed by atoms with E-state index in [-0.39, 0.29) is 6.61 Å². The van der Waals surface area contributed by atoms with Crippen LogP contribution < -0.4 is 5.32 Å². The molecule has 86 valence electrons. The van der Waals surface area contributed by atoms with Crippen LogP contribution in [-0.4, -0.2) is 51.1 Å². The van der Waals surface area contributed by atoms with E-state index in [9.17, 15) is 5.11 Å². The highest BCUT2D eigenvalue weighted by atomic mass is 16.5. The van der Waals surface area contributed by atoms with Crippen molar-refractivity contribution in [3.63, 3.8) is 0 Å². The zero-order valence-electron chi connectivity index (χ0n) is 8.87. The number of nitrogens with zero attached hydrogens (tertiary/aromatic N) is 4. The van der Waals surface area contributed by atoms with Crippen LogP contribution in [0.5, 0.6) is 0 Å². The van der Waals surface area contributed by atoms with Crippen molar-refractivity contribution in [3.8, 4) is 0 Å². The highest BCUT2D eigenvalue weighted by Crippen LogP contribution is 2.09. The molecular weight excluding hydrogens is 210 g/mol. The molecule has 0 saturated carbocycles. The summed E-state index contributed by atoms with van der Waals surface area (Å²) in [6.07, 6.45) is 4.41. The van der Waals surface area contributed by atoms with E-state index in [4.69, 9.17) is 4.74 Å². The third kappa shape index (κ3) is 2.26. The van der Waals surface area contributed by atoms with E-state index in [0.717, 1.165) is 0 Å². The Balaban J connectivity index is 2.06. The van der Waals surface area contributed by atoms with Crippen molar-refractivity contribution in [2.45, 2.75) is 6.10 Å². The third-order valence-electron chi connectivity index (χ3n) is 2.08. The second-order valence-electron chi connectivity index (χ2n) is 3.33. The summed E-state index contributed by atoms with van der Waals surface area (Å²) in [6, 6.07) is 0. The maximum atomic E-state index is 9.48.